The molecule has 11 nitrogen and oxygen atoms in total. The van der Waals surface area contributed by atoms with Gasteiger partial charge < -0.3 is 34.6 Å². The number of halogens is 4. The minimum absolute atomic E-state index is 0.00113. The number of carbonyl (C=O) groups is 2. The second-order valence-corrected chi connectivity index (χ2v) is 10.8. The molecule has 3 aliphatic rings. The van der Waals surface area contributed by atoms with Gasteiger partial charge in [0, 0.05) is 33.4 Å². The highest BCUT2D eigenvalue weighted by atomic mass is 19.4. The lowest BCUT2D eigenvalue weighted by Crippen LogP contribution is -2.55. The molecule has 1 aliphatic carbocycles. The van der Waals surface area contributed by atoms with Gasteiger partial charge in [0.1, 0.15) is 23.2 Å². The molecule has 2 aliphatic heterocycles. The first-order valence-electron chi connectivity index (χ1n) is 13.8. The molecular formula is C29H32F4N6O5. The number of hydrogen-bond acceptors (Lipinski definition) is 9. The second-order valence-electron chi connectivity index (χ2n) is 10.8. The first kappa shape index (κ1) is 31.2. The number of alkyl halides is 4. The third-order valence-electron chi connectivity index (χ3n) is 7.77. The van der Waals surface area contributed by atoms with Gasteiger partial charge in [0.05, 0.1) is 36.4 Å². The van der Waals surface area contributed by atoms with E-state index in [0.29, 0.717) is 24.7 Å². The molecule has 5 rings (SSSR count). The van der Waals surface area contributed by atoms with Crippen molar-refractivity contribution in [2.24, 2.45) is 5.92 Å². The number of aromatic nitrogens is 2. The molecule has 236 valence electrons. The van der Waals surface area contributed by atoms with Crippen molar-refractivity contribution in [2.75, 3.05) is 46.7 Å². The van der Waals surface area contributed by atoms with Crippen LogP contribution >= 0.6 is 0 Å². The number of fused-ring (bicyclic) bond motifs is 1. The first-order chi connectivity index (χ1) is 20.9. The first-order valence-corrected chi connectivity index (χ1v) is 13.8. The number of likely N-dealkylation sites (tertiary alicyclic amines) is 1. The van der Waals surface area contributed by atoms with Crippen LogP contribution in [-0.4, -0.2) is 91.3 Å². The van der Waals surface area contributed by atoms with E-state index in [1.54, 1.807) is 26.3 Å². The number of carbonyl (C=O) groups excluding carboxylic acids is 2. The number of ether oxygens (including phenoxy) is 3. The molecule has 2 N–H and O–H groups in total. The third-order valence-corrected chi connectivity index (χ3v) is 7.77. The van der Waals surface area contributed by atoms with Gasteiger partial charge in [-0.25, -0.2) is 9.37 Å². The van der Waals surface area contributed by atoms with Crippen molar-refractivity contribution >= 4 is 17.8 Å². The van der Waals surface area contributed by atoms with Crippen molar-refractivity contribution in [1.29, 1.82) is 0 Å². The van der Waals surface area contributed by atoms with Gasteiger partial charge in [0.25, 0.3) is 5.91 Å². The number of allylic oxidation sites excluding steroid dienone is 1. The maximum atomic E-state index is 15.4. The maximum Gasteiger partial charge on any atom is 0.423 e. The van der Waals surface area contributed by atoms with Crippen LogP contribution in [0.3, 0.4) is 0 Å². The zero-order valence-corrected chi connectivity index (χ0v) is 24.4. The van der Waals surface area contributed by atoms with Crippen molar-refractivity contribution in [1.82, 2.24) is 25.1 Å². The van der Waals surface area contributed by atoms with Crippen LogP contribution in [0.25, 0.3) is 0 Å². The van der Waals surface area contributed by atoms with Gasteiger partial charge in [0.2, 0.25) is 17.7 Å². The number of likely N-dealkylation sites (N-methyl/N-ethyl adjacent to an activating group) is 1. The fraction of sp³-hybridized carbons (Fsp3) is 0.448. The van der Waals surface area contributed by atoms with E-state index in [2.05, 4.69) is 25.5 Å². The Morgan fingerprint density at radius 1 is 1.16 bits per heavy atom. The Morgan fingerprint density at radius 3 is 2.64 bits per heavy atom. The molecule has 2 amide bonds. The predicted molar refractivity (Wildman–Crippen MR) is 149 cm³/mol. The van der Waals surface area contributed by atoms with Gasteiger partial charge in [-0.05, 0) is 43.8 Å². The summed E-state index contributed by atoms with van der Waals surface area (Å²) in [4.78, 5) is 36.9. The second kappa shape index (κ2) is 12.4. The summed E-state index contributed by atoms with van der Waals surface area (Å²) in [5, 5.41) is 5.54. The van der Waals surface area contributed by atoms with Crippen LogP contribution in [0.2, 0.25) is 0 Å². The summed E-state index contributed by atoms with van der Waals surface area (Å²) in [7, 11) is 6.36. The average Bonchev–Trinajstić information content (AvgIpc) is 3.27. The molecule has 2 aromatic rings. The molecule has 1 aromatic carbocycles. The van der Waals surface area contributed by atoms with E-state index >= 15 is 4.39 Å². The lowest BCUT2D eigenvalue weighted by molar-refractivity contribution is -0.139. The van der Waals surface area contributed by atoms with Crippen LogP contribution in [0.4, 0.5) is 23.5 Å². The van der Waals surface area contributed by atoms with Gasteiger partial charge in [-0.15, -0.1) is 0 Å². The average molecular weight is 621 g/mol. The highest BCUT2D eigenvalue weighted by Gasteiger charge is 2.39. The molecule has 44 heavy (non-hydrogen) atoms. The summed E-state index contributed by atoms with van der Waals surface area (Å²) in [6.45, 7) is 1.63. The van der Waals surface area contributed by atoms with E-state index in [9.17, 15) is 22.8 Å². The minimum Gasteiger partial charge on any atom is -0.495 e. The number of benzene rings is 1. The largest absolute Gasteiger partial charge is 0.495 e. The molecule has 3 heterocycles. The summed E-state index contributed by atoms with van der Waals surface area (Å²) in [6, 6.07) is 4.31. The van der Waals surface area contributed by atoms with Crippen molar-refractivity contribution in [3.63, 3.8) is 0 Å². The van der Waals surface area contributed by atoms with Crippen LogP contribution in [0.15, 0.2) is 48.0 Å². The number of anilines is 1. The molecule has 0 radical (unpaired) electrons. The fourth-order valence-electron chi connectivity index (χ4n) is 5.42. The molecular weight excluding hydrogens is 588 g/mol. The van der Waals surface area contributed by atoms with E-state index in [1.165, 1.54) is 24.2 Å². The van der Waals surface area contributed by atoms with Crippen molar-refractivity contribution in [2.45, 2.75) is 37.5 Å². The Balaban J connectivity index is 1.37. The smallest absolute Gasteiger partial charge is 0.423 e. The van der Waals surface area contributed by atoms with Crippen molar-refractivity contribution < 1.29 is 41.4 Å². The summed E-state index contributed by atoms with van der Waals surface area (Å²) in [5.74, 6) is -3.44. The number of nitrogens with zero attached hydrogens (tertiary/aromatic N) is 4. The van der Waals surface area contributed by atoms with Crippen molar-refractivity contribution in [3.8, 4) is 11.6 Å². The molecule has 0 spiro atoms. The number of amides is 2. The highest BCUT2D eigenvalue weighted by Crippen LogP contribution is 2.40. The van der Waals surface area contributed by atoms with Gasteiger partial charge in [0.15, 0.2) is 0 Å². The zero-order chi connectivity index (χ0) is 31.8. The van der Waals surface area contributed by atoms with E-state index in [-0.39, 0.29) is 47.4 Å². The molecule has 4 atom stereocenters. The van der Waals surface area contributed by atoms with Crippen LogP contribution in [0.1, 0.15) is 27.9 Å². The van der Waals surface area contributed by atoms with E-state index < -0.39 is 41.5 Å². The van der Waals surface area contributed by atoms with Crippen LogP contribution in [0, 0.1) is 5.92 Å². The van der Waals surface area contributed by atoms with Gasteiger partial charge in [-0.1, -0.05) is 12.1 Å². The zero-order valence-electron chi connectivity index (χ0n) is 24.4. The summed E-state index contributed by atoms with van der Waals surface area (Å²) < 4.78 is 73.5. The fourth-order valence-corrected chi connectivity index (χ4v) is 5.42. The summed E-state index contributed by atoms with van der Waals surface area (Å²) in [5.41, 5.74) is -0.541. The van der Waals surface area contributed by atoms with E-state index in [1.807, 2.05) is 7.05 Å². The number of rotatable bonds is 8. The molecule has 1 fully saturated rings. The quantitative estimate of drug-likeness (QED) is 0.428. The molecule has 0 saturated carbocycles. The summed E-state index contributed by atoms with van der Waals surface area (Å²) in [6.07, 6.45) is -3.43. The standard InChI is InChI=1S/C29H32F4N6O5/c1-38-9-8-19(23(14-38)43-4)35-25(40)16-10-22(42-3)20(11-18(16)30)36-28-34-12-17(29(31,32)33)26(37-28)44-21-7-5-6-15-13-39(2)27(41)24(15)21/h5-7,10-12,16,18-19,23H,8-9,13-14H2,1-4H3,(H,35,40)(H,34,36,37)/t16?,18?,19-,23+/m1/s1. The Bertz CT molecular complexity index is 1500. The molecule has 0 bridgehead atoms. The van der Waals surface area contributed by atoms with Gasteiger partial charge >= 0.3 is 6.18 Å². The third kappa shape index (κ3) is 6.33. The molecule has 1 saturated heterocycles. The lowest BCUT2D eigenvalue weighted by Gasteiger charge is -2.37. The number of piperidine rings is 1. The topological polar surface area (TPSA) is 118 Å². The van der Waals surface area contributed by atoms with Gasteiger partial charge in [-0.2, -0.15) is 18.2 Å². The molecule has 15 heteroatoms. The van der Waals surface area contributed by atoms with E-state index in [0.717, 1.165) is 12.6 Å². The van der Waals surface area contributed by atoms with Crippen molar-refractivity contribution in [3.05, 3.63) is 64.7 Å². The number of hydrogen-bond donors (Lipinski definition) is 2. The van der Waals surface area contributed by atoms with Gasteiger partial charge in [-0.3, -0.25) is 9.59 Å². The van der Waals surface area contributed by atoms with Crippen LogP contribution < -0.4 is 15.4 Å². The number of nitrogens with one attached hydrogen (secondary N) is 2. The SMILES string of the molecule is COC1=CC(C(=O)N[C@@H]2CCN(C)C[C@@H]2OC)C(F)C=C1Nc1ncc(C(F)(F)F)c(Oc2cccc3c2C(=O)N(C)C3)n1. The molecule has 2 unspecified atom stereocenters. The normalized spacial score (nSPS) is 23.9. The highest BCUT2D eigenvalue weighted by molar-refractivity contribution is 6.00. The maximum absolute atomic E-state index is 15.4. The van der Waals surface area contributed by atoms with E-state index in [4.69, 9.17) is 14.2 Å². The summed E-state index contributed by atoms with van der Waals surface area (Å²) >= 11 is 0. The Kier molecular flexibility index (Phi) is 8.79. The Morgan fingerprint density at radius 2 is 1.93 bits per heavy atom. The van der Waals surface area contributed by atoms with Crippen LogP contribution in [-0.2, 0) is 27.0 Å². The molecule has 1 aromatic heterocycles. The Labute approximate surface area is 250 Å². The lowest BCUT2D eigenvalue weighted by atomic mass is 9.93. The Hall–Kier alpha value is -4.24. The van der Waals surface area contributed by atoms with Crippen LogP contribution in [0.5, 0.6) is 11.6 Å². The predicted octanol–water partition coefficient (Wildman–Crippen LogP) is 3.50. The number of methoxy groups -OCH3 is 2. The monoisotopic (exact) mass is 620 g/mol. The minimum atomic E-state index is -4.88.